The van der Waals surface area contributed by atoms with Crippen molar-refractivity contribution in [1.29, 1.82) is 0 Å². The SMILES string of the molecule is CC(=NO)C(=NNC(N)=S)c1ccc2sc(=O)[nH]c2c1. The fourth-order valence-corrected chi connectivity index (χ4v) is 2.37. The van der Waals surface area contributed by atoms with Gasteiger partial charge in [-0.15, -0.1) is 0 Å². The van der Waals surface area contributed by atoms with Crippen LogP contribution in [0.3, 0.4) is 0 Å². The van der Waals surface area contributed by atoms with E-state index in [0.717, 1.165) is 16.0 Å². The molecular weight excluding hydrogens is 298 g/mol. The summed E-state index contributed by atoms with van der Waals surface area (Å²) in [7, 11) is 0. The molecule has 0 saturated heterocycles. The van der Waals surface area contributed by atoms with E-state index in [1.165, 1.54) is 0 Å². The molecular formula is C11H11N5O2S2. The van der Waals surface area contributed by atoms with Gasteiger partial charge in [-0.25, -0.2) is 0 Å². The van der Waals surface area contributed by atoms with Crippen LogP contribution < -0.4 is 16.0 Å². The van der Waals surface area contributed by atoms with Crippen molar-refractivity contribution >= 4 is 50.3 Å². The molecule has 104 valence electrons. The molecule has 2 aromatic rings. The molecule has 0 radical (unpaired) electrons. The number of fused-ring (bicyclic) bond motifs is 1. The minimum atomic E-state index is -0.135. The van der Waals surface area contributed by atoms with E-state index in [1.807, 2.05) is 0 Å². The maximum absolute atomic E-state index is 11.3. The van der Waals surface area contributed by atoms with Crippen LogP contribution in [-0.4, -0.2) is 26.7 Å². The summed E-state index contributed by atoms with van der Waals surface area (Å²) in [4.78, 5) is 13.9. The second-order valence-corrected chi connectivity index (χ2v) is 5.30. The van der Waals surface area contributed by atoms with Gasteiger partial charge < -0.3 is 15.9 Å². The number of oxime groups is 1. The number of nitrogens with zero attached hydrogens (tertiary/aromatic N) is 2. The number of hydrazone groups is 1. The zero-order chi connectivity index (χ0) is 14.7. The Balaban J connectivity index is 2.52. The number of hydrogen-bond donors (Lipinski definition) is 4. The van der Waals surface area contributed by atoms with Crippen molar-refractivity contribution in [3.05, 3.63) is 33.4 Å². The molecule has 0 spiro atoms. The maximum Gasteiger partial charge on any atom is 0.305 e. The molecule has 1 aromatic heterocycles. The highest BCUT2D eigenvalue weighted by atomic mass is 32.1. The molecule has 20 heavy (non-hydrogen) atoms. The quantitative estimate of drug-likeness (QED) is 0.292. The summed E-state index contributed by atoms with van der Waals surface area (Å²) >= 11 is 5.80. The van der Waals surface area contributed by atoms with E-state index < -0.39 is 0 Å². The highest BCUT2D eigenvalue weighted by Gasteiger charge is 2.11. The van der Waals surface area contributed by atoms with Crippen molar-refractivity contribution in [2.45, 2.75) is 6.92 Å². The van der Waals surface area contributed by atoms with Crippen molar-refractivity contribution in [2.24, 2.45) is 16.0 Å². The lowest BCUT2D eigenvalue weighted by molar-refractivity contribution is 0.320. The molecule has 0 unspecified atom stereocenters. The van der Waals surface area contributed by atoms with Crippen LogP contribution >= 0.6 is 23.6 Å². The molecule has 9 heteroatoms. The van der Waals surface area contributed by atoms with Crippen molar-refractivity contribution in [1.82, 2.24) is 10.4 Å². The number of hydrogen-bond acceptors (Lipinski definition) is 6. The van der Waals surface area contributed by atoms with Crippen molar-refractivity contribution < 1.29 is 5.21 Å². The summed E-state index contributed by atoms with van der Waals surface area (Å²) in [6.07, 6.45) is 0. The molecule has 2 rings (SSSR count). The second-order valence-electron chi connectivity index (χ2n) is 3.85. The van der Waals surface area contributed by atoms with Gasteiger partial charge in [0.15, 0.2) is 5.11 Å². The minimum absolute atomic E-state index is 0.00161. The summed E-state index contributed by atoms with van der Waals surface area (Å²) in [5.74, 6) is 0. The molecule has 1 aromatic carbocycles. The standard InChI is InChI=1S/C11H11N5O2S2/c1-5(16-18)9(14-15-10(12)19)6-2-3-8-7(4-6)13-11(17)20-8/h2-4,18H,1H3,(H,13,17)(H3,12,15,19). The lowest BCUT2D eigenvalue weighted by Crippen LogP contribution is -2.27. The van der Waals surface area contributed by atoms with Gasteiger partial charge in [0.05, 0.1) is 10.2 Å². The first-order valence-corrected chi connectivity index (χ1v) is 6.69. The van der Waals surface area contributed by atoms with Crippen LogP contribution in [0, 0.1) is 0 Å². The zero-order valence-corrected chi connectivity index (χ0v) is 12.0. The number of aromatic amines is 1. The maximum atomic E-state index is 11.3. The zero-order valence-electron chi connectivity index (χ0n) is 10.4. The molecule has 0 aliphatic rings. The summed E-state index contributed by atoms with van der Waals surface area (Å²) in [5, 5.41) is 16.0. The van der Waals surface area contributed by atoms with Gasteiger partial charge in [0, 0.05) is 5.56 Å². The molecule has 7 nitrogen and oxygen atoms in total. The molecule has 1 heterocycles. The summed E-state index contributed by atoms with van der Waals surface area (Å²) in [6.45, 7) is 1.58. The molecule has 0 bridgehead atoms. The van der Waals surface area contributed by atoms with Gasteiger partial charge in [-0.2, -0.15) is 5.10 Å². The van der Waals surface area contributed by atoms with Gasteiger partial charge in [0.1, 0.15) is 11.4 Å². The Morgan fingerprint density at radius 2 is 2.30 bits per heavy atom. The Morgan fingerprint density at radius 1 is 1.55 bits per heavy atom. The van der Waals surface area contributed by atoms with E-state index in [0.29, 0.717) is 16.8 Å². The summed E-state index contributed by atoms with van der Waals surface area (Å²) in [6, 6.07) is 5.29. The van der Waals surface area contributed by atoms with Crippen LogP contribution in [0.15, 0.2) is 33.3 Å². The Labute approximate surface area is 122 Å². The van der Waals surface area contributed by atoms with Gasteiger partial charge in [-0.1, -0.05) is 22.6 Å². The summed E-state index contributed by atoms with van der Waals surface area (Å²) in [5.41, 5.74) is 9.76. The topological polar surface area (TPSA) is 116 Å². The van der Waals surface area contributed by atoms with Gasteiger partial charge in [-0.05, 0) is 31.3 Å². The van der Waals surface area contributed by atoms with Crippen molar-refractivity contribution in [3.8, 4) is 0 Å². The van der Waals surface area contributed by atoms with Gasteiger partial charge in [-0.3, -0.25) is 10.2 Å². The average molecular weight is 309 g/mol. The Hall–Kier alpha value is -2.26. The highest BCUT2D eigenvalue weighted by Crippen LogP contribution is 2.17. The summed E-state index contributed by atoms with van der Waals surface area (Å²) < 4.78 is 0.832. The Morgan fingerprint density at radius 3 is 2.95 bits per heavy atom. The largest absolute Gasteiger partial charge is 0.411 e. The van der Waals surface area contributed by atoms with Crippen LogP contribution in [0.2, 0.25) is 0 Å². The van der Waals surface area contributed by atoms with Crippen LogP contribution in [-0.2, 0) is 0 Å². The molecule has 0 saturated carbocycles. The third-order valence-electron chi connectivity index (χ3n) is 2.46. The molecule has 0 aliphatic heterocycles. The number of nitrogens with one attached hydrogen (secondary N) is 2. The predicted octanol–water partition coefficient (Wildman–Crippen LogP) is 0.977. The predicted molar refractivity (Wildman–Crippen MR) is 83.8 cm³/mol. The first kappa shape index (κ1) is 14.2. The molecule has 0 aliphatic carbocycles. The second kappa shape index (κ2) is 5.80. The van der Waals surface area contributed by atoms with Crippen LogP contribution in [0.4, 0.5) is 0 Å². The molecule has 0 amide bonds. The number of rotatable bonds is 3. The smallest absolute Gasteiger partial charge is 0.305 e. The number of thiazole rings is 1. The number of nitrogens with two attached hydrogens (primary N) is 1. The normalized spacial score (nSPS) is 12.7. The van der Waals surface area contributed by atoms with Crippen LogP contribution in [0.1, 0.15) is 12.5 Å². The lowest BCUT2D eigenvalue weighted by Gasteiger charge is -2.06. The van der Waals surface area contributed by atoms with E-state index in [1.54, 1.807) is 25.1 Å². The monoisotopic (exact) mass is 309 g/mol. The Bertz CT molecular complexity index is 774. The van der Waals surface area contributed by atoms with Gasteiger partial charge in [0.2, 0.25) is 0 Å². The van der Waals surface area contributed by atoms with Crippen LogP contribution in [0.5, 0.6) is 0 Å². The fraction of sp³-hybridized carbons (Fsp3) is 0.0909. The van der Waals surface area contributed by atoms with Gasteiger partial charge in [0.25, 0.3) is 0 Å². The number of aromatic nitrogens is 1. The third kappa shape index (κ3) is 3.00. The molecule has 0 fully saturated rings. The number of benzene rings is 1. The van der Waals surface area contributed by atoms with Gasteiger partial charge >= 0.3 is 4.87 Å². The average Bonchev–Trinajstić information content (AvgIpc) is 2.77. The highest BCUT2D eigenvalue weighted by molar-refractivity contribution is 7.80. The number of thiocarbonyl (C=S) groups is 1. The Kier molecular flexibility index (Phi) is 4.11. The number of H-pyrrole nitrogens is 1. The fourth-order valence-electron chi connectivity index (χ4n) is 1.61. The van der Waals surface area contributed by atoms with Crippen molar-refractivity contribution in [3.63, 3.8) is 0 Å². The van der Waals surface area contributed by atoms with Crippen molar-refractivity contribution in [2.75, 3.05) is 0 Å². The first-order valence-electron chi connectivity index (χ1n) is 5.46. The van der Waals surface area contributed by atoms with E-state index in [4.69, 9.17) is 10.9 Å². The van der Waals surface area contributed by atoms with E-state index in [-0.39, 0.29) is 15.7 Å². The minimum Gasteiger partial charge on any atom is -0.411 e. The van der Waals surface area contributed by atoms with E-state index in [9.17, 15) is 4.79 Å². The third-order valence-corrected chi connectivity index (χ3v) is 3.42. The molecule has 5 N–H and O–H groups in total. The van der Waals surface area contributed by atoms with Crippen LogP contribution in [0.25, 0.3) is 10.2 Å². The van der Waals surface area contributed by atoms with E-state index in [2.05, 4.69) is 32.9 Å². The van der Waals surface area contributed by atoms with E-state index >= 15 is 0 Å². The lowest BCUT2D eigenvalue weighted by atomic mass is 10.1. The molecule has 0 atom stereocenters. The first-order chi connectivity index (χ1) is 9.51.